The van der Waals surface area contributed by atoms with Gasteiger partial charge in [0, 0.05) is 11.1 Å². The second kappa shape index (κ2) is 7.51. The van der Waals surface area contributed by atoms with E-state index in [1.807, 2.05) is 6.07 Å². The molecule has 0 bridgehead atoms. The van der Waals surface area contributed by atoms with Crippen LogP contribution in [0.2, 0.25) is 5.02 Å². The van der Waals surface area contributed by atoms with Crippen LogP contribution >= 0.6 is 22.9 Å². The Hall–Kier alpha value is -2.63. The van der Waals surface area contributed by atoms with Gasteiger partial charge in [-0.25, -0.2) is 4.79 Å². The molecule has 25 heavy (non-hydrogen) atoms. The quantitative estimate of drug-likeness (QED) is 0.348. The molecule has 0 radical (unpaired) electrons. The molecule has 0 unspecified atom stereocenters. The molecule has 2 aromatic carbocycles. The number of rotatable bonds is 6. The van der Waals surface area contributed by atoms with Crippen LogP contribution in [0.4, 0.5) is 0 Å². The maximum absolute atomic E-state index is 12.6. The van der Waals surface area contributed by atoms with Crippen molar-refractivity contribution in [2.75, 3.05) is 6.61 Å². The molecule has 3 aromatic rings. The second-order valence-electron chi connectivity index (χ2n) is 5.10. The number of ketones is 1. The molecule has 0 aliphatic rings. The fourth-order valence-electron chi connectivity index (χ4n) is 2.23. The maximum atomic E-state index is 12.6. The van der Waals surface area contributed by atoms with E-state index in [2.05, 4.69) is 6.58 Å². The molecule has 0 saturated heterocycles. The third-order valence-electron chi connectivity index (χ3n) is 3.33. The van der Waals surface area contributed by atoms with Crippen molar-refractivity contribution in [1.82, 2.24) is 0 Å². The third-order valence-corrected chi connectivity index (χ3v) is 4.35. The van der Waals surface area contributed by atoms with E-state index in [1.54, 1.807) is 36.4 Å². The Morgan fingerprint density at radius 2 is 2.16 bits per heavy atom. The van der Waals surface area contributed by atoms with Gasteiger partial charge in [0.25, 0.3) is 0 Å². The maximum Gasteiger partial charge on any atom is 0.396 e. The van der Waals surface area contributed by atoms with E-state index in [0.717, 1.165) is 16.9 Å². The number of ether oxygens (including phenoxy) is 1. The molecule has 1 heterocycles. The average Bonchev–Trinajstić information content (AvgIpc) is 2.96. The Kier molecular flexibility index (Phi) is 5.16. The Balaban J connectivity index is 1.98. The van der Waals surface area contributed by atoms with Crippen LogP contribution in [0.25, 0.3) is 16.4 Å². The van der Waals surface area contributed by atoms with Crippen molar-refractivity contribution < 1.29 is 13.9 Å². The summed E-state index contributed by atoms with van der Waals surface area (Å²) in [6.45, 7) is 3.85. The number of hydrogen-bond donors (Lipinski definition) is 0. The topological polar surface area (TPSA) is 56.5 Å². The molecule has 126 valence electrons. The molecule has 0 N–H and O–H groups in total. The first-order valence-corrected chi connectivity index (χ1v) is 8.55. The van der Waals surface area contributed by atoms with Gasteiger partial charge in [0.2, 0.25) is 0 Å². The van der Waals surface area contributed by atoms with Crippen LogP contribution in [-0.2, 0) is 0 Å². The zero-order valence-corrected chi connectivity index (χ0v) is 14.6. The average molecular weight is 373 g/mol. The van der Waals surface area contributed by atoms with Crippen LogP contribution in [0.1, 0.15) is 15.9 Å². The lowest BCUT2D eigenvalue weighted by Crippen LogP contribution is -2.02. The predicted molar refractivity (Wildman–Crippen MR) is 101 cm³/mol. The highest BCUT2D eigenvalue weighted by Gasteiger charge is 2.15. The number of carbonyl (C=O) groups excluding carboxylic acids is 1. The Morgan fingerprint density at radius 1 is 1.32 bits per heavy atom. The Morgan fingerprint density at radius 3 is 2.92 bits per heavy atom. The largest absolute Gasteiger partial charge is 0.489 e. The van der Waals surface area contributed by atoms with Crippen LogP contribution < -0.4 is 9.68 Å². The fourth-order valence-corrected chi connectivity index (χ4v) is 3.11. The molecule has 4 nitrogen and oxygen atoms in total. The lowest BCUT2D eigenvalue weighted by atomic mass is 10.1. The lowest BCUT2D eigenvalue weighted by molar-refractivity contribution is 0.104. The van der Waals surface area contributed by atoms with Gasteiger partial charge in [-0.1, -0.05) is 53.8 Å². The monoisotopic (exact) mass is 372 g/mol. The predicted octanol–water partition coefficient (Wildman–Crippen LogP) is 4.97. The smallest absolute Gasteiger partial charge is 0.396 e. The lowest BCUT2D eigenvalue weighted by Gasteiger charge is -2.08. The van der Waals surface area contributed by atoms with Crippen LogP contribution in [-0.4, -0.2) is 12.4 Å². The van der Waals surface area contributed by atoms with Crippen LogP contribution in [0.15, 0.2) is 64.3 Å². The van der Waals surface area contributed by atoms with Crippen LogP contribution in [0, 0.1) is 0 Å². The van der Waals surface area contributed by atoms with Crippen molar-refractivity contribution in [1.29, 1.82) is 0 Å². The summed E-state index contributed by atoms with van der Waals surface area (Å²) in [7, 11) is 0. The first-order valence-electron chi connectivity index (χ1n) is 7.36. The van der Waals surface area contributed by atoms with Gasteiger partial charge in [-0.2, -0.15) is 0 Å². The van der Waals surface area contributed by atoms with E-state index < -0.39 is 4.94 Å². The van der Waals surface area contributed by atoms with Crippen LogP contribution in [0.5, 0.6) is 5.75 Å². The van der Waals surface area contributed by atoms with Crippen molar-refractivity contribution >= 4 is 45.1 Å². The van der Waals surface area contributed by atoms with E-state index in [1.165, 1.54) is 12.1 Å². The van der Waals surface area contributed by atoms with E-state index in [-0.39, 0.29) is 12.4 Å². The standard InChI is InChI=1S/C19H13ClO4S/c1-2-8-23-16-11-18-17(24-19(22)25-18)10-14(16)15(21)7-6-12-4-3-5-13(20)9-12/h2-7,9-11H,1,8H2/b7-6+. The molecule has 0 aliphatic heterocycles. The van der Waals surface area contributed by atoms with E-state index in [0.29, 0.717) is 26.6 Å². The number of halogens is 1. The van der Waals surface area contributed by atoms with Gasteiger partial charge in [-0.05, 0) is 29.8 Å². The summed E-state index contributed by atoms with van der Waals surface area (Å²) in [6, 6.07) is 10.3. The van der Waals surface area contributed by atoms with Crippen molar-refractivity contribution in [3.63, 3.8) is 0 Å². The SMILES string of the molecule is C=CCOc1cc2sc(=O)oc2cc1C(=O)/C=C/c1cccc(Cl)c1. The first-order chi connectivity index (χ1) is 12.1. The third kappa shape index (κ3) is 4.07. The molecule has 3 rings (SSSR count). The van der Waals surface area contributed by atoms with Gasteiger partial charge in [0.05, 0.1) is 10.3 Å². The zero-order valence-electron chi connectivity index (χ0n) is 13.0. The molecule has 1 aromatic heterocycles. The highest BCUT2D eigenvalue weighted by Crippen LogP contribution is 2.29. The molecule has 0 amide bonds. The highest BCUT2D eigenvalue weighted by atomic mass is 35.5. The summed E-state index contributed by atoms with van der Waals surface area (Å²) in [5, 5.41) is 0.589. The zero-order chi connectivity index (χ0) is 17.8. The van der Waals surface area contributed by atoms with Crippen LogP contribution in [0.3, 0.4) is 0 Å². The minimum atomic E-state index is -0.427. The highest BCUT2D eigenvalue weighted by molar-refractivity contribution is 7.16. The van der Waals surface area contributed by atoms with E-state index >= 15 is 0 Å². The molecule has 0 spiro atoms. The van der Waals surface area contributed by atoms with Gasteiger partial charge in [0.1, 0.15) is 12.4 Å². The van der Waals surface area contributed by atoms with E-state index in [4.69, 9.17) is 20.8 Å². The van der Waals surface area contributed by atoms with Crippen molar-refractivity contribution in [2.24, 2.45) is 0 Å². The van der Waals surface area contributed by atoms with Crippen molar-refractivity contribution in [2.45, 2.75) is 0 Å². The van der Waals surface area contributed by atoms with Crippen molar-refractivity contribution in [3.05, 3.63) is 81.0 Å². The fraction of sp³-hybridized carbons (Fsp3) is 0.0526. The second-order valence-corrected chi connectivity index (χ2v) is 6.52. The summed E-state index contributed by atoms with van der Waals surface area (Å²) >= 11 is 6.90. The van der Waals surface area contributed by atoms with E-state index in [9.17, 15) is 9.59 Å². The molecule has 0 aliphatic carbocycles. The minimum Gasteiger partial charge on any atom is -0.489 e. The summed E-state index contributed by atoms with van der Waals surface area (Å²) in [6.07, 6.45) is 4.68. The summed E-state index contributed by atoms with van der Waals surface area (Å²) in [4.78, 5) is 23.6. The Bertz CT molecular complexity index is 1030. The number of allylic oxidation sites excluding steroid dienone is 1. The normalized spacial score (nSPS) is 11.1. The number of hydrogen-bond acceptors (Lipinski definition) is 5. The number of benzene rings is 2. The van der Waals surface area contributed by atoms with Gasteiger partial charge in [-0.3, -0.25) is 4.79 Å². The first kappa shape index (κ1) is 17.2. The molecule has 0 atom stereocenters. The molecule has 0 saturated carbocycles. The number of carbonyl (C=O) groups is 1. The van der Waals surface area contributed by atoms with Gasteiger partial charge < -0.3 is 9.15 Å². The van der Waals surface area contributed by atoms with Gasteiger partial charge in [-0.15, -0.1) is 0 Å². The molecule has 0 fully saturated rings. The molecule has 6 heteroatoms. The Labute approximate surface area is 152 Å². The van der Waals surface area contributed by atoms with Gasteiger partial charge in [0.15, 0.2) is 11.4 Å². The molecular weight excluding hydrogens is 360 g/mol. The molecular formula is C19H13ClO4S. The summed E-state index contributed by atoms with van der Waals surface area (Å²) in [5.74, 6) is 0.111. The van der Waals surface area contributed by atoms with Crippen molar-refractivity contribution in [3.8, 4) is 5.75 Å². The summed E-state index contributed by atoms with van der Waals surface area (Å²) < 4.78 is 11.3. The minimum absolute atomic E-state index is 0.247. The van der Waals surface area contributed by atoms with Gasteiger partial charge >= 0.3 is 4.94 Å². The number of fused-ring (bicyclic) bond motifs is 1. The summed E-state index contributed by atoms with van der Waals surface area (Å²) in [5.41, 5.74) is 1.48.